The molecular formula is C18H11F3N2. The van der Waals surface area contributed by atoms with E-state index in [1.165, 1.54) is 6.07 Å². The number of halogens is 3. The summed E-state index contributed by atoms with van der Waals surface area (Å²) in [6.45, 7) is 0. The molecule has 2 nitrogen and oxygen atoms in total. The van der Waals surface area contributed by atoms with Crippen LogP contribution in [-0.4, -0.2) is 9.78 Å². The van der Waals surface area contributed by atoms with E-state index in [1.807, 2.05) is 12.1 Å². The quantitative estimate of drug-likeness (QED) is 0.472. The number of alkyl halides is 3. The van der Waals surface area contributed by atoms with Crippen LogP contribution in [0.25, 0.3) is 27.4 Å². The van der Waals surface area contributed by atoms with E-state index in [2.05, 4.69) is 5.10 Å². The van der Waals surface area contributed by atoms with Gasteiger partial charge in [0.15, 0.2) is 5.69 Å². The molecule has 0 unspecified atom stereocenters. The Balaban J connectivity index is 2.15. The van der Waals surface area contributed by atoms with Crippen LogP contribution >= 0.6 is 0 Å². The van der Waals surface area contributed by atoms with Crippen LogP contribution in [0.3, 0.4) is 0 Å². The first-order chi connectivity index (χ1) is 11.1. The molecule has 0 amide bonds. The van der Waals surface area contributed by atoms with Crippen LogP contribution in [0.2, 0.25) is 0 Å². The Labute approximate surface area is 129 Å². The first kappa shape index (κ1) is 13.8. The van der Waals surface area contributed by atoms with Gasteiger partial charge in [0.2, 0.25) is 0 Å². The molecule has 23 heavy (non-hydrogen) atoms. The van der Waals surface area contributed by atoms with E-state index >= 15 is 0 Å². The zero-order valence-corrected chi connectivity index (χ0v) is 11.9. The van der Waals surface area contributed by atoms with Gasteiger partial charge in [-0.15, -0.1) is 0 Å². The average molecular weight is 312 g/mol. The number of aromatic nitrogens is 2. The molecule has 114 valence electrons. The van der Waals surface area contributed by atoms with Crippen LogP contribution in [0.5, 0.6) is 0 Å². The summed E-state index contributed by atoms with van der Waals surface area (Å²) < 4.78 is 41.9. The average Bonchev–Trinajstić information content (AvgIpc) is 2.96. The van der Waals surface area contributed by atoms with Crippen LogP contribution in [-0.2, 0) is 6.18 Å². The summed E-state index contributed by atoms with van der Waals surface area (Å²) >= 11 is 0. The predicted octanol–water partition coefficient (Wildman–Crippen LogP) is 5.20. The van der Waals surface area contributed by atoms with Crippen LogP contribution in [0.1, 0.15) is 5.69 Å². The first-order valence-corrected chi connectivity index (χ1v) is 7.09. The third-order valence-corrected chi connectivity index (χ3v) is 3.84. The fourth-order valence-electron chi connectivity index (χ4n) is 2.85. The molecule has 0 aliphatic heterocycles. The van der Waals surface area contributed by atoms with E-state index in [-0.39, 0.29) is 5.39 Å². The van der Waals surface area contributed by atoms with Crippen molar-refractivity contribution in [2.24, 2.45) is 0 Å². The summed E-state index contributed by atoms with van der Waals surface area (Å²) in [5, 5.41) is 5.97. The molecule has 0 N–H and O–H groups in total. The third kappa shape index (κ3) is 2.16. The number of benzene rings is 3. The molecule has 0 radical (unpaired) electrons. The highest BCUT2D eigenvalue weighted by molar-refractivity contribution is 6.06. The van der Waals surface area contributed by atoms with Crippen molar-refractivity contribution in [2.75, 3.05) is 0 Å². The van der Waals surface area contributed by atoms with Crippen molar-refractivity contribution in [1.82, 2.24) is 9.78 Å². The standard InChI is InChI=1S/C18H11F3N2/c19-18(20,21)17-15-11-10-12-6-4-5-9-14(12)16(15)22-23(17)13-7-2-1-3-8-13/h1-11H. The Morgan fingerprint density at radius 3 is 2.17 bits per heavy atom. The number of fused-ring (bicyclic) bond motifs is 3. The lowest BCUT2D eigenvalue weighted by molar-refractivity contribution is -0.141. The van der Waals surface area contributed by atoms with Crippen molar-refractivity contribution < 1.29 is 13.2 Å². The second kappa shape index (κ2) is 4.84. The molecule has 0 spiro atoms. The van der Waals surface area contributed by atoms with Crippen LogP contribution in [0.15, 0.2) is 66.7 Å². The fourth-order valence-corrected chi connectivity index (χ4v) is 2.85. The highest BCUT2D eigenvalue weighted by atomic mass is 19.4. The van der Waals surface area contributed by atoms with Gasteiger partial charge in [0, 0.05) is 10.8 Å². The predicted molar refractivity (Wildman–Crippen MR) is 83.6 cm³/mol. The highest BCUT2D eigenvalue weighted by Crippen LogP contribution is 2.38. The van der Waals surface area contributed by atoms with Gasteiger partial charge < -0.3 is 0 Å². The van der Waals surface area contributed by atoms with Gasteiger partial charge in [0.25, 0.3) is 0 Å². The van der Waals surface area contributed by atoms with Crippen molar-refractivity contribution in [3.63, 3.8) is 0 Å². The Hall–Kier alpha value is -2.82. The van der Waals surface area contributed by atoms with Crippen molar-refractivity contribution in [1.29, 1.82) is 0 Å². The van der Waals surface area contributed by atoms with Crippen molar-refractivity contribution in [3.8, 4) is 5.69 Å². The molecule has 0 saturated carbocycles. The largest absolute Gasteiger partial charge is 0.434 e. The summed E-state index contributed by atoms with van der Waals surface area (Å²) in [4.78, 5) is 0. The highest BCUT2D eigenvalue weighted by Gasteiger charge is 2.38. The maximum Gasteiger partial charge on any atom is 0.434 e. The van der Waals surface area contributed by atoms with Crippen LogP contribution in [0.4, 0.5) is 13.2 Å². The Morgan fingerprint density at radius 1 is 0.739 bits per heavy atom. The smallest absolute Gasteiger partial charge is 0.227 e. The molecule has 0 atom stereocenters. The first-order valence-electron chi connectivity index (χ1n) is 7.09. The van der Waals surface area contributed by atoms with Crippen LogP contribution < -0.4 is 0 Å². The molecule has 0 aliphatic rings. The molecule has 0 fully saturated rings. The van der Waals surface area contributed by atoms with Gasteiger partial charge in [-0.3, -0.25) is 0 Å². The van der Waals surface area contributed by atoms with Crippen LogP contribution in [0, 0.1) is 0 Å². The van der Waals surface area contributed by atoms with Gasteiger partial charge in [0.1, 0.15) is 5.52 Å². The number of rotatable bonds is 1. The Bertz CT molecular complexity index is 1000. The van der Waals surface area contributed by atoms with Gasteiger partial charge in [0.05, 0.1) is 5.69 Å². The van der Waals surface area contributed by atoms with Gasteiger partial charge in [-0.05, 0) is 23.6 Å². The lowest BCUT2D eigenvalue weighted by atomic mass is 10.1. The summed E-state index contributed by atoms with van der Waals surface area (Å²) in [7, 11) is 0. The molecule has 1 heterocycles. The van der Waals surface area contributed by atoms with E-state index in [0.717, 1.165) is 10.1 Å². The lowest BCUT2D eigenvalue weighted by Crippen LogP contribution is -2.13. The molecule has 4 rings (SSSR count). The summed E-state index contributed by atoms with van der Waals surface area (Å²) in [6, 6.07) is 18.9. The minimum atomic E-state index is -4.49. The Kier molecular flexibility index (Phi) is 2.91. The number of hydrogen-bond donors (Lipinski definition) is 0. The molecular weight excluding hydrogens is 301 g/mol. The zero-order valence-electron chi connectivity index (χ0n) is 11.9. The van der Waals surface area contributed by atoms with Gasteiger partial charge >= 0.3 is 6.18 Å². The van der Waals surface area contributed by atoms with Crippen molar-refractivity contribution in [3.05, 3.63) is 72.4 Å². The topological polar surface area (TPSA) is 17.8 Å². The molecule has 0 aliphatic carbocycles. The van der Waals surface area contributed by atoms with Crippen molar-refractivity contribution >= 4 is 21.7 Å². The molecule has 1 aromatic heterocycles. The number of nitrogens with zero attached hydrogens (tertiary/aromatic N) is 2. The minimum Gasteiger partial charge on any atom is -0.227 e. The SMILES string of the molecule is FC(F)(F)c1c2ccc3ccccc3c2nn1-c1ccccc1. The maximum atomic E-state index is 13.6. The lowest BCUT2D eigenvalue weighted by Gasteiger charge is -2.10. The number of para-hydroxylation sites is 1. The summed E-state index contributed by atoms with van der Waals surface area (Å²) in [5.41, 5.74) is 0.00355. The van der Waals surface area contributed by atoms with Crippen molar-refractivity contribution in [2.45, 2.75) is 6.18 Å². The second-order valence-corrected chi connectivity index (χ2v) is 5.28. The van der Waals surface area contributed by atoms with E-state index in [1.54, 1.807) is 48.5 Å². The summed E-state index contributed by atoms with van der Waals surface area (Å²) in [5.74, 6) is 0. The molecule has 0 saturated heterocycles. The maximum absolute atomic E-state index is 13.6. The molecule has 3 aromatic carbocycles. The van der Waals surface area contributed by atoms with Gasteiger partial charge in [-0.25, -0.2) is 4.68 Å². The minimum absolute atomic E-state index is 0.111. The van der Waals surface area contributed by atoms with E-state index in [9.17, 15) is 13.2 Å². The van der Waals surface area contributed by atoms with E-state index in [4.69, 9.17) is 0 Å². The number of hydrogen-bond acceptors (Lipinski definition) is 1. The Morgan fingerprint density at radius 2 is 1.43 bits per heavy atom. The van der Waals surface area contributed by atoms with Gasteiger partial charge in [-0.2, -0.15) is 18.3 Å². The third-order valence-electron chi connectivity index (χ3n) is 3.84. The van der Waals surface area contributed by atoms with E-state index < -0.39 is 11.9 Å². The molecule has 0 bridgehead atoms. The zero-order chi connectivity index (χ0) is 16.0. The van der Waals surface area contributed by atoms with Gasteiger partial charge in [-0.1, -0.05) is 48.5 Å². The normalized spacial score (nSPS) is 12.1. The monoisotopic (exact) mass is 312 g/mol. The second-order valence-electron chi connectivity index (χ2n) is 5.28. The molecule has 4 aromatic rings. The fraction of sp³-hybridized carbons (Fsp3) is 0.0556. The molecule has 5 heteroatoms. The summed E-state index contributed by atoms with van der Waals surface area (Å²) in [6.07, 6.45) is -4.49. The van der Waals surface area contributed by atoms with E-state index in [0.29, 0.717) is 16.6 Å².